The van der Waals surface area contributed by atoms with Gasteiger partial charge >= 0.3 is 0 Å². The highest BCUT2D eigenvalue weighted by molar-refractivity contribution is 7.90. The van der Waals surface area contributed by atoms with Crippen LogP contribution in [-0.4, -0.2) is 46.0 Å². The summed E-state index contributed by atoms with van der Waals surface area (Å²) in [7, 11) is -3.54. The van der Waals surface area contributed by atoms with Gasteiger partial charge in [-0.3, -0.25) is 4.57 Å². The van der Waals surface area contributed by atoms with Crippen molar-refractivity contribution in [1.29, 1.82) is 0 Å². The third kappa shape index (κ3) is 5.07. The third-order valence-electron chi connectivity index (χ3n) is 6.15. The smallest absolute Gasteiger partial charge is 0.177 e. The summed E-state index contributed by atoms with van der Waals surface area (Å²) >= 11 is 6.11. The van der Waals surface area contributed by atoms with E-state index in [0.717, 1.165) is 48.4 Å². The minimum absolute atomic E-state index is 0.109. The van der Waals surface area contributed by atoms with Crippen molar-refractivity contribution in [3.8, 4) is 0 Å². The molecular weight excluding hydrogens is 500 g/mol. The Morgan fingerprint density at radius 3 is 2.58 bits per heavy atom. The summed E-state index contributed by atoms with van der Waals surface area (Å²) in [6.45, 7) is 4.51. The van der Waals surface area contributed by atoms with Crippen LogP contribution in [-0.2, 0) is 21.0 Å². The van der Waals surface area contributed by atoms with Gasteiger partial charge in [-0.1, -0.05) is 11.6 Å². The Balaban J connectivity index is 1.66. The molecule has 1 saturated heterocycles. The molecule has 0 spiro atoms. The van der Waals surface area contributed by atoms with Gasteiger partial charge in [-0.15, -0.1) is 0 Å². The molecule has 9 nitrogen and oxygen atoms in total. The Morgan fingerprint density at radius 1 is 1.06 bits per heavy atom. The van der Waals surface area contributed by atoms with E-state index in [1.165, 1.54) is 6.07 Å². The fraction of sp³-hybridized carbons (Fsp3) is 0.360. The average molecular weight is 527 g/mol. The molecule has 4 aromatic rings. The van der Waals surface area contributed by atoms with Crippen LogP contribution in [0.5, 0.6) is 0 Å². The van der Waals surface area contributed by atoms with Crippen molar-refractivity contribution < 1.29 is 13.2 Å². The number of imidazole rings is 1. The summed E-state index contributed by atoms with van der Waals surface area (Å²) in [6, 6.07) is 10.5. The lowest BCUT2D eigenvalue weighted by atomic mass is 10.1. The summed E-state index contributed by atoms with van der Waals surface area (Å²) in [4.78, 5) is 9.87. The molecule has 1 unspecified atom stereocenters. The van der Waals surface area contributed by atoms with Crippen LogP contribution in [0.15, 0.2) is 41.3 Å². The Hall–Kier alpha value is -3.08. The second kappa shape index (κ2) is 9.76. The van der Waals surface area contributed by atoms with Crippen molar-refractivity contribution >= 4 is 44.0 Å². The number of sulfone groups is 1. The van der Waals surface area contributed by atoms with Crippen molar-refractivity contribution in [1.82, 2.24) is 24.7 Å². The first kappa shape index (κ1) is 24.6. The van der Waals surface area contributed by atoms with Crippen molar-refractivity contribution in [2.45, 2.75) is 50.7 Å². The number of hydrogen-bond donors (Lipinski definition) is 1. The zero-order chi connectivity index (χ0) is 25.4. The molecule has 5 rings (SSSR count). The number of nitrogens with one attached hydrogen (secondary N) is 1. The maximum absolute atomic E-state index is 12.5. The zero-order valence-corrected chi connectivity index (χ0v) is 21.9. The summed E-state index contributed by atoms with van der Waals surface area (Å²) in [6.07, 6.45) is 4.43. The molecule has 188 valence electrons. The number of pyridine rings is 1. The maximum Gasteiger partial charge on any atom is 0.177 e. The van der Waals surface area contributed by atoms with E-state index in [2.05, 4.69) is 15.5 Å². The molecule has 4 heterocycles. The maximum atomic E-state index is 12.5. The van der Waals surface area contributed by atoms with E-state index in [1.807, 2.05) is 36.6 Å². The number of hydrogen-bond acceptors (Lipinski definition) is 8. The molecule has 0 amide bonds. The Morgan fingerprint density at radius 2 is 1.89 bits per heavy atom. The summed E-state index contributed by atoms with van der Waals surface area (Å²) in [5.41, 5.74) is 4.72. The number of anilines is 2. The van der Waals surface area contributed by atoms with E-state index in [9.17, 15) is 8.42 Å². The Bertz CT molecular complexity index is 1530. The average Bonchev–Trinajstić information content (AvgIpc) is 3.17. The van der Waals surface area contributed by atoms with Crippen LogP contribution in [0, 0.1) is 13.8 Å². The number of fused-ring (bicyclic) bond motifs is 1. The van der Waals surface area contributed by atoms with Gasteiger partial charge in [0, 0.05) is 24.3 Å². The minimum Gasteiger partial charge on any atom is -0.358 e. The predicted molar refractivity (Wildman–Crippen MR) is 139 cm³/mol. The number of nitrogens with zero attached hydrogens (tertiary/aromatic N) is 5. The van der Waals surface area contributed by atoms with E-state index in [0.29, 0.717) is 40.6 Å². The van der Waals surface area contributed by atoms with E-state index in [4.69, 9.17) is 26.3 Å². The van der Waals surface area contributed by atoms with Gasteiger partial charge < -0.3 is 10.1 Å². The molecule has 1 fully saturated rings. The van der Waals surface area contributed by atoms with Crippen LogP contribution in [0.2, 0.25) is 5.02 Å². The molecule has 3 aromatic heterocycles. The number of aryl methyl sites for hydroxylation is 2. The highest BCUT2D eigenvalue weighted by atomic mass is 35.5. The highest BCUT2D eigenvalue weighted by Gasteiger charge is 2.24. The quantitative estimate of drug-likeness (QED) is 0.376. The SMILES string of the molecule is Cc1ccc(Cc2cc(Nc3ccc(Cl)cc3S(C)(=O)=O)c3nc(C)n(C4CCCCO4)c3n2)nn1. The van der Waals surface area contributed by atoms with Crippen molar-refractivity contribution in [2.75, 3.05) is 18.2 Å². The topological polar surface area (TPSA) is 112 Å². The second-order valence-electron chi connectivity index (χ2n) is 9.06. The molecule has 0 aliphatic carbocycles. The van der Waals surface area contributed by atoms with Gasteiger partial charge in [0.1, 0.15) is 17.6 Å². The third-order valence-corrected chi connectivity index (χ3v) is 7.52. The van der Waals surface area contributed by atoms with Crippen molar-refractivity contribution in [2.24, 2.45) is 0 Å². The fourth-order valence-corrected chi connectivity index (χ4v) is 5.54. The van der Waals surface area contributed by atoms with E-state index >= 15 is 0 Å². The minimum atomic E-state index is -3.54. The van der Waals surface area contributed by atoms with Gasteiger partial charge in [0.2, 0.25) is 0 Å². The second-order valence-corrected chi connectivity index (χ2v) is 11.5. The van der Waals surface area contributed by atoms with Crippen LogP contribution < -0.4 is 5.32 Å². The standard InChI is InChI=1S/C25H27ClN6O3S/c1-15-7-9-18(31-30-15)13-19-14-21(29-20-10-8-17(26)12-22(20)36(3,33)34)24-25(28-19)32(16(2)27-24)23-6-4-5-11-35-23/h7-10,12,14,23H,4-6,11,13H2,1-3H3,(H,28,29). The van der Waals surface area contributed by atoms with Crippen LogP contribution in [0.3, 0.4) is 0 Å². The van der Waals surface area contributed by atoms with Gasteiger partial charge in [-0.25, -0.2) is 18.4 Å². The van der Waals surface area contributed by atoms with Gasteiger partial charge in [0.25, 0.3) is 0 Å². The Kier molecular flexibility index (Phi) is 6.67. The first-order chi connectivity index (χ1) is 17.2. The molecule has 0 radical (unpaired) electrons. The van der Waals surface area contributed by atoms with Crippen LogP contribution in [0.25, 0.3) is 11.2 Å². The molecule has 0 saturated carbocycles. The molecule has 0 bridgehead atoms. The van der Waals surface area contributed by atoms with Crippen LogP contribution in [0.1, 0.15) is 48.4 Å². The largest absolute Gasteiger partial charge is 0.358 e. The molecule has 36 heavy (non-hydrogen) atoms. The normalized spacial score (nSPS) is 16.4. The lowest BCUT2D eigenvalue weighted by Gasteiger charge is -2.25. The number of benzene rings is 1. The van der Waals surface area contributed by atoms with Gasteiger partial charge in [-0.2, -0.15) is 10.2 Å². The number of halogens is 1. The number of aromatic nitrogens is 5. The lowest BCUT2D eigenvalue weighted by Crippen LogP contribution is -2.19. The van der Waals surface area contributed by atoms with Crippen molar-refractivity contribution in [3.05, 3.63) is 64.3 Å². The van der Waals surface area contributed by atoms with E-state index in [-0.39, 0.29) is 11.1 Å². The molecule has 11 heteroatoms. The molecule has 1 aromatic carbocycles. The summed E-state index contributed by atoms with van der Waals surface area (Å²) in [5.74, 6) is 0.777. The molecule has 1 aliphatic heterocycles. The van der Waals surface area contributed by atoms with Gasteiger partial charge in [0.15, 0.2) is 15.5 Å². The zero-order valence-electron chi connectivity index (χ0n) is 20.3. The van der Waals surface area contributed by atoms with Crippen LogP contribution in [0.4, 0.5) is 11.4 Å². The van der Waals surface area contributed by atoms with E-state index < -0.39 is 9.84 Å². The monoisotopic (exact) mass is 526 g/mol. The van der Waals surface area contributed by atoms with Crippen LogP contribution >= 0.6 is 11.6 Å². The number of rotatable bonds is 6. The molecule has 1 atom stereocenters. The van der Waals surface area contributed by atoms with Gasteiger partial charge in [0.05, 0.1) is 33.4 Å². The van der Waals surface area contributed by atoms with Gasteiger partial charge in [-0.05, 0) is 69.5 Å². The first-order valence-corrected chi connectivity index (χ1v) is 14.0. The predicted octanol–water partition coefficient (Wildman–Crippen LogP) is 4.93. The molecule has 1 aliphatic rings. The summed E-state index contributed by atoms with van der Waals surface area (Å²) in [5, 5.41) is 12.1. The number of ether oxygens (including phenoxy) is 1. The Labute approximate surface area is 214 Å². The van der Waals surface area contributed by atoms with Crippen molar-refractivity contribution in [3.63, 3.8) is 0 Å². The highest BCUT2D eigenvalue weighted by Crippen LogP contribution is 2.34. The van der Waals surface area contributed by atoms with E-state index in [1.54, 1.807) is 12.1 Å². The lowest BCUT2D eigenvalue weighted by molar-refractivity contribution is -0.0309. The molecule has 1 N–H and O–H groups in total. The summed E-state index contributed by atoms with van der Waals surface area (Å²) < 4.78 is 33.1. The molecular formula is C25H27ClN6O3S. The first-order valence-electron chi connectivity index (χ1n) is 11.7. The fourth-order valence-electron chi connectivity index (χ4n) is 4.44.